The van der Waals surface area contributed by atoms with Gasteiger partial charge in [-0.1, -0.05) is 47.7 Å². The Labute approximate surface area is 222 Å². The first kappa shape index (κ1) is 25.4. The van der Waals surface area contributed by atoms with E-state index in [0.717, 1.165) is 51.7 Å². The maximum absolute atomic E-state index is 13.3. The number of benzene rings is 3. The highest BCUT2D eigenvalue weighted by Gasteiger charge is 2.26. The minimum Gasteiger partial charge on any atom is -0.481 e. The van der Waals surface area contributed by atoms with E-state index < -0.39 is 5.97 Å². The molecule has 0 saturated carbocycles. The molecule has 3 aromatic carbocycles. The second-order valence-corrected chi connectivity index (χ2v) is 9.90. The van der Waals surface area contributed by atoms with Crippen molar-refractivity contribution in [1.82, 2.24) is 19.9 Å². The van der Waals surface area contributed by atoms with E-state index in [9.17, 15) is 14.7 Å². The van der Waals surface area contributed by atoms with Crippen LogP contribution in [0.1, 0.15) is 63.0 Å². The van der Waals surface area contributed by atoms with Crippen molar-refractivity contribution in [3.63, 3.8) is 0 Å². The van der Waals surface area contributed by atoms with E-state index in [2.05, 4.69) is 29.0 Å². The monoisotopic (exact) mass is 508 g/mol. The lowest BCUT2D eigenvalue weighted by Gasteiger charge is -2.30. The molecule has 2 heterocycles. The molecule has 0 bridgehead atoms. The lowest BCUT2D eigenvalue weighted by atomic mass is 9.83. The zero-order valence-corrected chi connectivity index (χ0v) is 21.9. The first-order valence-electron chi connectivity index (χ1n) is 13.0. The Morgan fingerprint density at radius 2 is 1.89 bits per heavy atom. The standard InChI is InChI=1S/C31H32N4O3/c1-4-6-21-7-9-23(10-8-21)31(38)34-16-15-22-11-12-24(17-25(22)19-34)27(18-29(36)37)26-13-14-28-30(20(26)3)32-33-35(28)5-2/h4,7-14,17,27H,1,5-6,15-16,18-19H2,2-3H3,(H,36,37). The van der Waals surface area contributed by atoms with Crippen LogP contribution in [0.3, 0.4) is 0 Å². The second kappa shape index (κ2) is 10.6. The lowest BCUT2D eigenvalue weighted by molar-refractivity contribution is -0.137. The smallest absolute Gasteiger partial charge is 0.304 e. The molecule has 7 heteroatoms. The Balaban J connectivity index is 1.45. The summed E-state index contributed by atoms with van der Waals surface area (Å²) in [6.45, 7) is 9.64. The number of carbonyl (C=O) groups excluding carboxylic acids is 1. The van der Waals surface area contributed by atoms with Gasteiger partial charge in [-0.2, -0.15) is 0 Å². The molecule has 0 aliphatic carbocycles. The molecular weight excluding hydrogens is 476 g/mol. The van der Waals surface area contributed by atoms with Crippen molar-refractivity contribution in [1.29, 1.82) is 0 Å². The highest BCUT2D eigenvalue weighted by molar-refractivity contribution is 5.94. The van der Waals surface area contributed by atoms with Crippen LogP contribution in [0.2, 0.25) is 0 Å². The van der Waals surface area contributed by atoms with Gasteiger partial charge in [0.15, 0.2) is 0 Å². The van der Waals surface area contributed by atoms with Gasteiger partial charge >= 0.3 is 5.97 Å². The summed E-state index contributed by atoms with van der Waals surface area (Å²) >= 11 is 0. The molecule has 194 valence electrons. The summed E-state index contributed by atoms with van der Waals surface area (Å²) in [5.74, 6) is -1.19. The number of carboxylic acids is 1. The Morgan fingerprint density at radius 1 is 1.11 bits per heavy atom. The third-order valence-electron chi connectivity index (χ3n) is 7.55. The van der Waals surface area contributed by atoms with Crippen LogP contribution in [0.5, 0.6) is 0 Å². The molecule has 0 spiro atoms. The average Bonchev–Trinajstić information content (AvgIpc) is 3.36. The van der Waals surface area contributed by atoms with Crippen molar-refractivity contribution in [2.24, 2.45) is 0 Å². The lowest BCUT2D eigenvalue weighted by Crippen LogP contribution is -2.36. The average molecular weight is 509 g/mol. The molecule has 0 radical (unpaired) electrons. The van der Waals surface area contributed by atoms with Gasteiger partial charge in [0, 0.05) is 31.1 Å². The summed E-state index contributed by atoms with van der Waals surface area (Å²) in [6, 6.07) is 17.9. The number of carboxylic acid groups (broad SMARTS) is 1. The normalized spacial score (nSPS) is 13.8. The van der Waals surface area contributed by atoms with Crippen molar-refractivity contribution in [3.8, 4) is 0 Å². The van der Waals surface area contributed by atoms with Crippen molar-refractivity contribution in [2.45, 2.75) is 52.1 Å². The van der Waals surface area contributed by atoms with E-state index in [4.69, 9.17) is 0 Å². The van der Waals surface area contributed by atoms with Crippen LogP contribution in [0.15, 0.2) is 67.3 Å². The Bertz CT molecular complexity index is 1520. The molecule has 1 unspecified atom stereocenters. The molecule has 7 nitrogen and oxygen atoms in total. The molecule has 5 rings (SSSR count). The van der Waals surface area contributed by atoms with E-state index in [1.54, 1.807) is 0 Å². The molecule has 1 aromatic heterocycles. The summed E-state index contributed by atoms with van der Waals surface area (Å²) < 4.78 is 1.84. The third kappa shape index (κ3) is 4.84. The van der Waals surface area contributed by atoms with Crippen LogP contribution >= 0.6 is 0 Å². The number of fused-ring (bicyclic) bond motifs is 2. The SMILES string of the molecule is C=CCc1ccc(C(=O)N2CCc3ccc(C(CC(=O)O)c4ccc5c(nnn5CC)c4C)cc3C2)cc1. The fraction of sp³-hybridized carbons (Fsp3) is 0.290. The van der Waals surface area contributed by atoms with Crippen LogP contribution < -0.4 is 0 Å². The van der Waals surface area contributed by atoms with Crippen molar-refractivity contribution >= 4 is 22.9 Å². The Kier molecular flexibility index (Phi) is 7.09. The third-order valence-corrected chi connectivity index (χ3v) is 7.55. The number of aliphatic carboxylic acids is 1. The summed E-state index contributed by atoms with van der Waals surface area (Å²) in [6.07, 6.45) is 3.36. The van der Waals surface area contributed by atoms with Crippen LogP contribution in [-0.2, 0) is 30.7 Å². The minimum absolute atomic E-state index is 0.00796. The van der Waals surface area contributed by atoms with Gasteiger partial charge in [-0.25, -0.2) is 4.68 Å². The van der Waals surface area contributed by atoms with Gasteiger partial charge in [-0.3, -0.25) is 9.59 Å². The molecule has 1 amide bonds. The number of aromatic nitrogens is 3. The summed E-state index contributed by atoms with van der Waals surface area (Å²) in [5, 5.41) is 18.4. The van der Waals surface area contributed by atoms with Crippen molar-refractivity contribution in [3.05, 3.63) is 106 Å². The number of amides is 1. The first-order valence-corrected chi connectivity index (χ1v) is 13.0. The van der Waals surface area contributed by atoms with Gasteiger partial charge in [0.25, 0.3) is 5.91 Å². The van der Waals surface area contributed by atoms with Gasteiger partial charge in [-0.05, 0) is 78.3 Å². The second-order valence-electron chi connectivity index (χ2n) is 9.90. The van der Waals surface area contributed by atoms with Gasteiger partial charge in [-0.15, -0.1) is 11.7 Å². The zero-order chi connectivity index (χ0) is 26.8. The maximum Gasteiger partial charge on any atom is 0.304 e. The van der Waals surface area contributed by atoms with Gasteiger partial charge in [0.1, 0.15) is 5.52 Å². The van der Waals surface area contributed by atoms with Gasteiger partial charge in [0.2, 0.25) is 0 Å². The molecule has 38 heavy (non-hydrogen) atoms. The van der Waals surface area contributed by atoms with Crippen molar-refractivity contribution < 1.29 is 14.7 Å². The molecule has 1 aliphatic heterocycles. The number of rotatable bonds is 8. The Hall–Kier alpha value is -4.26. The predicted molar refractivity (Wildman–Crippen MR) is 147 cm³/mol. The van der Waals surface area contributed by atoms with Crippen molar-refractivity contribution in [2.75, 3.05) is 6.54 Å². The molecule has 1 aliphatic rings. The number of hydrogen-bond acceptors (Lipinski definition) is 4. The van der Waals surface area contributed by atoms with Crippen LogP contribution in [0.25, 0.3) is 11.0 Å². The Morgan fingerprint density at radius 3 is 2.61 bits per heavy atom. The van der Waals surface area contributed by atoms with E-state index in [1.165, 1.54) is 5.56 Å². The topological polar surface area (TPSA) is 88.3 Å². The quantitative estimate of drug-likeness (QED) is 0.327. The van der Waals surface area contributed by atoms with Gasteiger partial charge < -0.3 is 10.0 Å². The highest BCUT2D eigenvalue weighted by atomic mass is 16.4. The number of hydrogen-bond donors (Lipinski definition) is 1. The van der Waals surface area contributed by atoms with E-state index in [1.807, 2.05) is 72.0 Å². The molecule has 0 saturated heterocycles. The predicted octanol–water partition coefficient (Wildman–Crippen LogP) is 5.29. The first-order chi connectivity index (χ1) is 18.4. The molecule has 0 fully saturated rings. The molecule has 4 aromatic rings. The minimum atomic E-state index is -0.860. The fourth-order valence-electron chi connectivity index (χ4n) is 5.48. The maximum atomic E-state index is 13.3. The summed E-state index contributed by atoms with van der Waals surface area (Å²) in [7, 11) is 0. The van der Waals surface area contributed by atoms with E-state index >= 15 is 0 Å². The molecule has 1 N–H and O–H groups in total. The van der Waals surface area contributed by atoms with E-state index in [0.29, 0.717) is 25.2 Å². The number of carbonyl (C=O) groups is 2. The van der Waals surface area contributed by atoms with E-state index in [-0.39, 0.29) is 18.2 Å². The molecular formula is C31H32N4O3. The molecule has 1 atom stereocenters. The van der Waals surface area contributed by atoms with Crippen LogP contribution in [0.4, 0.5) is 0 Å². The zero-order valence-electron chi connectivity index (χ0n) is 21.9. The van der Waals surface area contributed by atoms with Crippen LogP contribution in [0, 0.1) is 6.92 Å². The summed E-state index contributed by atoms with van der Waals surface area (Å²) in [4.78, 5) is 27.1. The number of nitrogens with zero attached hydrogens (tertiary/aromatic N) is 4. The van der Waals surface area contributed by atoms with Gasteiger partial charge in [0.05, 0.1) is 11.9 Å². The largest absolute Gasteiger partial charge is 0.481 e. The van der Waals surface area contributed by atoms with Crippen LogP contribution in [-0.4, -0.2) is 43.4 Å². The number of allylic oxidation sites excluding steroid dienone is 1. The highest BCUT2D eigenvalue weighted by Crippen LogP contribution is 2.35. The fourth-order valence-corrected chi connectivity index (χ4v) is 5.48. The summed E-state index contributed by atoms with van der Waals surface area (Å²) in [5.41, 5.74) is 8.62. The number of aryl methyl sites for hydroxylation is 2.